The molecule has 0 atom stereocenters. The van der Waals surface area contributed by atoms with Gasteiger partial charge in [-0.05, 0) is 93.0 Å². The Hall–Kier alpha value is -2.65. The van der Waals surface area contributed by atoms with Gasteiger partial charge in [-0.1, -0.05) is 36.4 Å². The van der Waals surface area contributed by atoms with Gasteiger partial charge < -0.3 is 14.2 Å². The first-order valence-corrected chi connectivity index (χ1v) is 12.3. The Labute approximate surface area is 214 Å². The lowest BCUT2D eigenvalue weighted by atomic mass is 10.1. The van der Waals surface area contributed by atoms with Gasteiger partial charge in [0.25, 0.3) is 0 Å². The first kappa shape index (κ1) is 23.5. The molecule has 0 saturated heterocycles. The molecule has 0 unspecified atom stereocenters. The van der Waals surface area contributed by atoms with Crippen molar-refractivity contribution in [1.29, 1.82) is 0 Å². The molecule has 0 amide bonds. The molecular formula is C26H21BrINO4. The minimum absolute atomic E-state index is 0.236. The molecule has 0 radical (unpaired) electrons. The average molecular weight is 618 g/mol. The van der Waals surface area contributed by atoms with E-state index in [-0.39, 0.29) is 11.6 Å². The van der Waals surface area contributed by atoms with E-state index in [1.807, 2.05) is 61.5 Å². The summed E-state index contributed by atoms with van der Waals surface area (Å²) < 4.78 is 19.1. The Morgan fingerprint density at radius 2 is 1.85 bits per heavy atom. The second-order valence-corrected chi connectivity index (χ2v) is 9.20. The zero-order valence-corrected chi connectivity index (χ0v) is 21.6. The van der Waals surface area contributed by atoms with E-state index in [9.17, 15) is 4.79 Å². The molecule has 0 spiro atoms. The van der Waals surface area contributed by atoms with Crippen LogP contribution in [0.2, 0.25) is 0 Å². The predicted octanol–water partition coefficient (Wildman–Crippen LogP) is 6.42. The number of halogens is 2. The molecule has 3 aromatic carbocycles. The van der Waals surface area contributed by atoms with Gasteiger partial charge in [0.05, 0.1) is 13.2 Å². The van der Waals surface area contributed by atoms with Crippen LogP contribution in [0.1, 0.15) is 23.6 Å². The van der Waals surface area contributed by atoms with Crippen molar-refractivity contribution in [3.63, 3.8) is 0 Å². The van der Waals surface area contributed by atoms with E-state index in [1.165, 1.54) is 5.56 Å². The number of cyclic esters (lactones) is 1. The summed E-state index contributed by atoms with van der Waals surface area (Å²) in [6.07, 6.45) is 2.49. The van der Waals surface area contributed by atoms with Gasteiger partial charge in [-0.15, -0.1) is 0 Å². The molecule has 1 aliphatic rings. The van der Waals surface area contributed by atoms with Crippen molar-refractivity contribution in [3.8, 4) is 11.5 Å². The number of aliphatic imine (C=N–C) groups is 1. The number of carbonyl (C=O) groups is 1. The predicted molar refractivity (Wildman–Crippen MR) is 141 cm³/mol. The largest absolute Gasteiger partial charge is 0.490 e. The monoisotopic (exact) mass is 617 g/mol. The van der Waals surface area contributed by atoms with Crippen LogP contribution in [0.25, 0.3) is 6.08 Å². The van der Waals surface area contributed by atoms with Gasteiger partial charge >= 0.3 is 5.97 Å². The molecule has 1 heterocycles. The molecule has 0 saturated carbocycles. The number of hydrogen-bond acceptors (Lipinski definition) is 5. The van der Waals surface area contributed by atoms with E-state index >= 15 is 0 Å². The highest BCUT2D eigenvalue weighted by Crippen LogP contribution is 2.31. The van der Waals surface area contributed by atoms with Gasteiger partial charge in [-0.3, -0.25) is 0 Å². The SMILES string of the molecule is CCOc1cc(/C=C2\N=C(c3ccc(I)c(Br)c3)OC2=O)ccc1OCCc1ccccc1. The summed E-state index contributed by atoms with van der Waals surface area (Å²) in [7, 11) is 0. The third-order valence-electron chi connectivity index (χ3n) is 4.85. The van der Waals surface area contributed by atoms with Gasteiger partial charge in [0.2, 0.25) is 5.90 Å². The molecule has 3 aromatic rings. The highest BCUT2D eigenvalue weighted by atomic mass is 127. The fraction of sp³-hybridized carbons (Fsp3) is 0.154. The molecule has 168 valence electrons. The van der Waals surface area contributed by atoms with Crippen molar-refractivity contribution in [3.05, 3.63) is 97.2 Å². The molecule has 0 N–H and O–H groups in total. The number of ether oxygens (including phenoxy) is 3. The maximum atomic E-state index is 12.4. The number of nitrogens with zero attached hydrogens (tertiary/aromatic N) is 1. The number of carbonyl (C=O) groups excluding carboxylic acids is 1. The smallest absolute Gasteiger partial charge is 0.363 e. The highest BCUT2D eigenvalue weighted by Gasteiger charge is 2.24. The summed E-state index contributed by atoms with van der Waals surface area (Å²) in [4.78, 5) is 16.8. The third kappa shape index (κ3) is 6.03. The Bertz CT molecular complexity index is 1220. The van der Waals surface area contributed by atoms with Crippen LogP contribution < -0.4 is 9.47 Å². The Balaban J connectivity index is 1.52. The molecule has 0 aromatic heterocycles. The van der Waals surface area contributed by atoms with E-state index in [0.29, 0.717) is 24.7 Å². The summed E-state index contributed by atoms with van der Waals surface area (Å²) in [6, 6.07) is 21.4. The minimum atomic E-state index is -0.485. The van der Waals surface area contributed by atoms with E-state index in [2.05, 4.69) is 55.6 Å². The molecule has 0 aliphatic carbocycles. The van der Waals surface area contributed by atoms with Gasteiger partial charge in [-0.2, -0.15) is 0 Å². The van der Waals surface area contributed by atoms with Crippen LogP contribution in [-0.4, -0.2) is 25.1 Å². The van der Waals surface area contributed by atoms with E-state index in [1.54, 1.807) is 6.08 Å². The van der Waals surface area contributed by atoms with Crippen molar-refractivity contribution in [1.82, 2.24) is 0 Å². The van der Waals surface area contributed by atoms with Gasteiger partial charge in [0, 0.05) is 20.0 Å². The first-order chi connectivity index (χ1) is 16.0. The number of benzene rings is 3. The lowest BCUT2D eigenvalue weighted by Crippen LogP contribution is -2.05. The van der Waals surface area contributed by atoms with E-state index in [4.69, 9.17) is 14.2 Å². The Kier molecular flexibility index (Phi) is 7.82. The second-order valence-electron chi connectivity index (χ2n) is 7.19. The van der Waals surface area contributed by atoms with Crippen LogP contribution in [0.4, 0.5) is 0 Å². The normalized spacial score (nSPS) is 14.2. The van der Waals surface area contributed by atoms with Crippen molar-refractivity contribution in [2.24, 2.45) is 4.99 Å². The Morgan fingerprint density at radius 1 is 1.03 bits per heavy atom. The summed E-state index contributed by atoms with van der Waals surface area (Å²) in [5, 5.41) is 0. The minimum Gasteiger partial charge on any atom is -0.490 e. The average Bonchev–Trinajstić information content (AvgIpc) is 3.18. The van der Waals surface area contributed by atoms with Crippen LogP contribution in [0, 0.1) is 3.57 Å². The van der Waals surface area contributed by atoms with Crippen LogP contribution in [0.15, 0.2) is 81.9 Å². The topological polar surface area (TPSA) is 57.1 Å². The fourth-order valence-electron chi connectivity index (χ4n) is 3.25. The fourth-order valence-corrected chi connectivity index (χ4v) is 3.96. The summed E-state index contributed by atoms with van der Waals surface area (Å²) in [5.41, 5.74) is 2.95. The van der Waals surface area contributed by atoms with Gasteiger partial charge in [-0.25, -0.2) is 9.79 Å². The van der Waals surface area contributed by atoms with Crippen LogP contribution in [-0.2, 0) is 16.0 Å². The molecule has 7 heteroatoms. The molecule has 0 bridgehead atoms. The Morgan fingerprint density at radius 3 is 2.61 bits per heavy atom. The zero-order valence-electron chi connectivity index (χ0n) is 17.9. The molecule has 1 aliphatic heterocycles. The second kappa shape index (κ2) is 11.0. The standard InChI is InChI=1S/C26H21BrINO4/c1-2-31-24-15-18(8-11-23(24)32-13-12-17-6-4-3-5-7-17)14-22-26(30)33-25(29-22)19-9-10-21(28)20(27)16-19/h3-11,14-16H,2,12-13H2,1H3/b22-14-. The zero-order chi connectivity index (χ0) is 23.2. The molecular weight excluding hydrogens is 597 g/mol. The van der Waals surface area contributed by atoms with Crippen molar-refractivity contribution < 1.29 is 19.0 Å². The highest BCUT2D eigenvalue weighted by molar-refractivity contribution is 14.1. The summed E-state index contributed by atoms with van der Waals surface area (Å²) in [6.45, 7) is 2.96. The maximum absolute atomic E-state index is 12.4. The molecule has 5 nitrogen and oxygen atoms in total. The maximum Gasteiger partial charge on any atom is 0.363 e. The van der Waals surface area contributed by atoms with Gasteiger partial charge in [0.15, 0.2) is 17.2 Å². The van der Waals surface area contributed by atoms with Crippen molar-refractivity contribution >= 4 is 56.5 Å². The number of hydrogen-bond donors (Lipinski definition) is 0. The molecule has 4 rings (SSSR count). The number of rotatable bonds is 8. The lowest BCUT2D eigenvalue weighted by Gasteiger charge is -2.12. The summed E-state index contributed by atoms with van der Waals surface area (Å²) in [5.74, 6) is 1.09. The lowest BCUT2D eigenvalue weighted by molar-refractivity contribution is -0.129. The van der Waals surface area contributed by atoms with Crippen molar-refractivity contribution in [2.75, 3.05) is 13.2 Å². The van der Waals surface area contributed by atoms with E-state index < -0.39 is 5.97 Å². The van der Waals surface area contributed by atoms with Crippen LogP contribution in [0.3, 0.4) is 0 Å². The summed E-state index contributed by atoms with van der Waals surface area (Å²) >= 11 is 5.72. The number of esters is 1. The van der Waals surface area contributed by atoms with Crippen LogP contribution in [0.5, 0.6) is 11.5 Å². The molecule has 33 heavy (non-hydrogen) atoms. The third-order valence-corrected chi connectivity index (χ3v) is 7.19. The quantitative estimate of drug-likeness (QED) is 0.166. The van der Waals surface area contributed by atoms with Crippen molar-refractivity contribution in [2.45, 2.75) is 13.3 Å². The van der Waals surface area contributed by atoms with E-state index in [0.717, 1.165) is 25.6 Å². The molecule has 0 fully saturated rings. The van der Waals surface area contributed by atoms with Gasteiger partial charge in [0.1, 0.15) is 0 Å². The van der Waals surface area contributed by atoms with Crippen LogP contribution >= 0.6 is 38.5 Å². The first-order valence-electron chi connectivity index (χ1n) is 10.4.